The first-order valence-corrected chi connectivity index (χ1v) is 12.4. The lowest BCUT2D eigenvalue weighted by Gasteiger charge is -2.27. The molecule has 1 aromatic carbocycles. The van der Waals surface area contributed by atoms with Crippen LogP contribution >= 0.6 is 23.1 Å². The van der Waals surface area contributed by atoms with E-state index in [4.69, 9.17) is 4.74 Å². The van der Waals surface area contributed by atoms with Crippen LogP contribution in [0.25, 0.3) is 11.3 Å². The predicted molar refractivity (Wildman–Crippen MR) is 126 cm³/mol. The Morgan fingerprint density at radius 3 is 2.53 bits per heavy atom. The van der Waals surface area contributed by atoms with Crippen LogP contribution in [0.1, 0.15) is 44.0 Å². The molecule has 2 heterocycles. The lowest BCUT2D eigenvalue weighted by molar-refractivity contribution is -0.118. The zero-order valence-corrected chi connectivity index (χ0v) is 19.8. The van der Waals surface area contributed by atoms with Crippen LogP contribution in [0, 0.1) is 0 Å². The second kappa shape index (κ2) is 9.11. The molecule has 1 saturated carbocycles. The summed E-state index contributed by atoms with van der Waals surface area (Å²) in [7, 11) is 0. The van der Waals surface area contributed by atoms with Gasteiger partial charge in [0.15, 0.2) is 10.5 Å². The summed E-state index contributed by atoms with van der Waals surface area (Å²) in [5, 5.41) is 7.43. The zero-order chi connectivity index (χ0) is 22.9. The number of hydrogen-bond acceptors (Lipinski definition) is 7. The molecule has 0 radical (unpaired) electrons. The Morgan fingerprint density at radius 2 is 1.88 bits per heavy atom. The maximum Gasteiger partial charge on any atom is 0.411 e. The van der Waals surface area contributed by atoms with Crippen LogP contribution in [-0.2, 0) is 9.53 Å². The quantitative estimate of drug-likeness (QED) is 0.681. The van der Waals surface area contributed by atoms with E-state index in [1.165, 1.54) is 28.0 Å². The van der Waals surface area contributed by atoms with Crippen molar-refractivity contribution in [2.24, 2.45) is 0 Å². The van der Waals surface area contributed by atoms with Gasteiger partial charge in [-0.2, -0.15) is 0 Å². The van der Waals surface area contributed by atoms with Crippen LogP contribution in [0.5, 0.6) is 0 Å². The summed E-state index contributed by atoms with van der Waals surface area (Å²) in [6.07, 6.45) is 1.60. The van der Waals surface area contributed by atoms with Crippen LogP contribution in [0.4, 0.5) is 9.93 Å². The van der Waals surface area contributed by atoms with E-state index >= 15 is 0 Å². The molecule has 1 aliphatic heterocycles. The van der Waals surface area contributed by atoms with Crippen molar-refractivity contribution in [1.82, 2.24) is 15.2 Å². The zero-order valence-electron chi connectivity index (χ0n) is 18.2. The third-order valence-electron chi connectivity index (χ3n) is 4.83. The minimum Gasteiger partial charge on any atom is -0.444 e. The van der Waals surface area contributed by atoms with E-state index in [1.54, 1.807) is 32.9 Å². The molecule has 4 rings (SSSR count). The summed E-state index contributed by atoms with van der Waals surface area (Å²) in [6.45, 7) is 5.85. The molecule has 1 saturated heterocycles. The lowest BCUT2D eigenvalue weighted by atomic mass is 10.1. The van der Waals surface area contributed by atoms with Gasteiger partial charge in [-0.3, -0.25) is 19.8 Å². The topological polar surface area (TPSA) is 101 Å². The molecule has 0 bridgehead atoms. The summed E-state index contributed by atoms with van der Waals surface area (Å²) in [6, 6.07) is 7.56. The smallest absolute Gasteiger partial charge is 0.411 e. The summed E-state index contributed by atoms with van der Waals surface area (Å²) in [5.41, 5.74) is 1.56. The number of anilines is 1. The van der Waals surface area contributed by atoms with Gasteiger partial charge in [0, 0.05) is 34.8 Å². The lowest BCUT2D eigenvalue weighted by Crippen LogP contribution is -2.44. The number of nitrogens with one attached hydrogen (secondary N) is 2. The minimum absolute atomic E-state index is 0.0612. The average Bonchev–Trinajstić information content (AvgIpc) is 3.22. The van der Waals surface area contributed by atoms with Gasteiger partial charge in [-0.05, 0) is 45.7 Å². The Kier molecular flexibility index (Phi) is 6.43. The van der Waals surface area contributed by atoms with Crippen LogP contribution in [0.2, 0.25) is 0 Å². The van der Waals surface area contributed by atoms with Crippen molar-refractivity contribution in [3.05, 3.63) is 35.2 Å². The molecule has 3 amide bonds. The normalized spacial score (nSPS) is 18.3. The van der Waals surface area contributed by atoms with Crippen molar-refractivity contribution >= 4 is 46.1 Å². The molecular formula is C22H26N4O4S2. The largest absolute Gasteiger partial charge is 0.444 e. The maximum absolute atomic E-state index is 12.8. The second-order valence-electron chi connectivity index (χ2n) is 8.75. The first-order chi connectivity index (χ1) is 15.2. The number of aromatic nitrogens is 1. The van der Waals surface area contributed by atoms with Gasteiger partial charge in [-0.1, -0.05) is 12.1 Å². The van der Waals surface area contributed by atoms with E-state index in [2.05, 4.69) is 15.6 Å². The third kappa shape index (κ3) is 5.60. The van der Waals surface area contributed by atoms with Crippen molar-refractivity contribution in [2.45, 2.75) is 50.6 Å². The van der Waals surface area contributed by atoms with Crippen molar-refractivity contribution in [3.63, 3.8) is 0 Å². The van der Waals surface area contributed by atoms with E-state index in [0.29, 0.717) is 34.7 Å². The second-order valence-corrected chi connectivity index (χ2v) is 10.8. The van der Waals surface area contributed by atoms with E-state index < -0.39 is 17.1 Å². The number of thiazole rings is 1. The number of carbonyl (C=O) groups is 3. The average molecular weight is 475 g/mol. The molecule has 8 nitrogen and oxygen atoms in total. The Morgan fingerprint density at radius 1 is 1.16 bits per heavy atom. The molecule has 32 heavy (non-hydrogen) atoms. The molecule has 2 fully saturated rings. The van der Waals surface area contributed by atoms with Gasteiger partial charge >= 0.3 is 6.09 Å². The van der Waals surface area contributed by atoms with Crippen LogP contribution in [0.15, 0.2) is 29.6 Å². The first kappa shape index (κ1) is 22.6. The fourth-order valence-corrected chi connectivity index (χ4v) is 4.94. The summed E-state index contributed by atoms with van der Waals surface area (Å²) < 4.78 is 5.42. The Hall–Kier alpha value is -2.59. The molecule has 1 aliphatic carbocycles. The molecule has 2 aromatic rings. The molecule has 2 N–H and O–H groups in total. The fraction of sp³-hybridized carbons (Fsp3) is 0.455. The number of benzene rings is 1. The van der Waals surface area contributed by atoms with Crippen molar-refractivity contribution in [1.29, 1.82) is 0 Å². The van der Waals surface area contributed by atoms with E-state index in [0.717, 1.165) is 18.4 Å². The molecule has 0 spiro atoms. The number of rotatable bonds is 5. The van der Waals surface area contributed by atoms with Crippen molar-refractivity contribution in [3.8, 4) is 11.3 Å². The summed E-state index contributed by atoms with van der Waals surface area (Å²) in [5.74, 6) is 0.307. The van der Waals surface area contributed by atoms with Crippen LogP contribution < -0.4 is 10.6 Å². The van der Waals surface area contributed by atoms with Gasteiger partial charge < -0.3 is 10.1 Å². The van der Waals surface area contributed by atoms with Gasteiger partial charge in [0.1, 0.15) is 5.60 Å². The molecule has 1 aromatic heterocycles. The third-order valence-corrected chi connectivity index (χ3v) is 6.79. The minimum atomic E-state index is -0.651. The Labute approximate surface area is 195 Å². The Balaban J connectivity index is 1.37. The SMILES string of the molecule is CC(C)(C)OC(=O)N1CCS[C@H]1C(=O)Nc1nc(-c2ccc(C(=O)NC3CC3)cc2)cs1. The van der Waals surface area contributed by atoms with Gasteiger partial charge in [-0.15, -0.1) is 23.1 Å². The number of thioether (sulfide) groups is 1. The van der Waals surface area contributed by atoms with Crippen molar-refractivity contribution < 1.29 is 19.1 Å². The highest BCUT2D eigenvalue weighted by molar-refractivity contribution is 8.00. The van der Waals surface area contributed by atoms with Gasteiger partial charge in [-0.25, -0.2) is 9.78 Å². The van der Waals surface area contributed by atoms with E-state index in [9.17, 15) is 14.4 Å². The first-order valence-electron chi connectivity index (χ1n) is 10.5. The van der Waals surface area contributed by atoms with Crippen LogP contribution in [-0.4, -0.2) is 57.1 Å². The van der Waals surface area contributed by atoms with Gasteiger partial charge in [0.05, 0.1) is 5.69 Å². The van der Waals surface area contributed by atoms with E-state index in [1.807, 2.05) is 17.5 Å². The standard InChI is InChI=1S/C22H26N4O4S2/c1-22(2,3)30-21(29)26-10-11-31-19(26)18(28)25-20-24-16(12-32-20)13-4-6-14(7-5-13)17(27)23-15-8-9-15/h4-7,12,15,19H,8-11H2,1-3H3,(H,23,27)(H,24,25,28)/t19-/m0/s1. The number of nitrogens with zero attached hydrogens (tertiary/aromatic N) is 2. The van der Waals surface area contributed by atoms with Gasteiger partial charge in [0.25, 0.3) is 11.8 Å². The summed E-state index contributed by atoms with van der Waals surface area (Å²) >= 11 is 2.71. The number of ether oxygens (including phenoxy) is 1. The van der Waals surface area contributed by atoms with Crippen molar-refractivity contribution in [2.75, 3.05) is 17.6 Å². The highest BCUT2D eigenvalue weighted by Crippen LogP contribution is 2.29. The molecule has 2 aliphatic rings. The highest BCUT2D eigenvalue weighted by atomic mass is 32.2. The molecular weight excluding hydrogens is 448 g/mol. The summed E-state index contributed by atoms with van der Waals surface area (Å²) in [4.78, 5) is 43.3. The monoisotopic (exact) mass is 474 g/mol. The van der Waals surface area contributed by atoms with Gasteiger partial charge in [0.2, 0.25) is 0 Å². The highest BCUT2D eigenvalue weighted by Gasteiger charge is 2.37. The molecule has 10 heteroatoms. The predicted octanol–water partition coefficient (Wildman–Crippen LogP) is 3.95. The fourth-order valence-electron chi connectivity index (χ4n) is 3.11. The Bertz CT molecular complexity index is 1010. The maximum atomic E-state index is 12.8. The molecule has 1 atom stereocenters. The number of amides is 3. The van der Waals surface area contributed by atoms with E-state index in [-0.39, 0.29) is 11.8 Å². The molecule has 170 valence electrons. The molecule has 0 unspecified atom stereocenters. The number of carbonyl (C=O) groups excluding carboxylic acids is 3. The number of hydrogen-bond donors (Lipinski definition) is 2. The van der Waals surface area contributed by atoms with Crippen LogP contribution in [0.3, 0.4) is 0 Å².